The van der Waals surface area contributed by atoms with E-state index in [4.69, 9.17) is 12.2 Å². The second-order valence-electron chi connectivity index (χ2n) is 3.31. The summed E-state index contributed by atoms with van der Waals surface area (Å²) in [5.74, 6) is 0.794. The molecule has 0 aliphatic carbocycles. The first-order valence-electron chi connectivity index (χ1n) is 4.77. The molecule has 2 heterocycles. The number of hydrogen-bond acceptors (Lipinski definition) is 4. The lowest BCUT2D eigenvalue weighted by Crippen LogP contribution is -2.47. The zero-order valence-corrected chi connectivity index (χ0v) is 9.92. The van der Waals surface area contributed by atoms with Crippen molar-refractivity contribution in [3.05, 3.63) is 18.5 Å². The van der Waals surface area contributed by atoms with Crippen LogP contribution < -0.4 is 4.90 Å². The first-order chi connectivity index (χ1) is 7.27. The van der Waals surface area contributed by atoms with Crippen LogP contribution in [0.3, 0.4) is 0 Å². The number of anilines is 1. The Kier molecular flexibility index (Phi) is 3.37. The van der Waals surface area contributed by atoms with Gasteiger partial charge in [-0.1, -0.05) is 12.2 Å². The van der Waals surface area contributed by atoms with E-state index in [0.29, 0.717) is 4.32 Å². The molecule has 4 nitrogen and oxygen atoms in total. The summed E-state index contributed by atoms with van der Waals surface area (Å²) in [5, 5.41) is 0. The van der Waals surface area contributed by atoms with Crippen molar-refractivity contribution in [3.63, 3.8) is 0 Å². The maximum absolute atomic E-state index is 5.01. The molecule has 0 radical (unpaired) electrons. The molecule has 0 amide bonds. The predicted molar refractivity (Wildman–Crippen MR) is 67.4 cm³/mol. The fraction of sp³-hybridized carbons (Fsp3) is 0.444. The van der Waals surface area contributed by atoms with E-state index in [0.717, 1.165) is 32.1 Å². The van der Waals surface area contributed by atoms with Gasteiger partial charge in [-0.05, 0) is 6.07 Å². The largest absolute Gasteiger partial charge is 0.354 e. The fourth-order valence-electron chi connectivity index (χ4n) is 1.55. The minimum absolute atomic E-state index is 0.670. The third-order valence-electron chi connectivity index (χ3n) is 2.39. The quantitative estimate of drug-likeness (QED) is 0.580. The normalized spacial score (nSPS) is 16.6. The van der Waals surface area contributed by atoms with E-state index in [2.05, 4.69) is 32.4 Å². The van der Waals surface area contributed by atoms with Crippen molar-refractivity contribution in [2.24, 2.45) is 0 Å². The molecule has 1 aliphatic heterocycles. The minimum Gasteiger partial charge on any atom is -0.354 e. The Labute approximate surface area is 99.7 Å². The van der Waals surface area contributed by atoms with Gasteiger partial charge in [-0.25, -0.2) is 9.97 Å². The van der Waals surface area contributed by atoms with Crippen LogP contribution >= 0.6 is 24.8 Å². The van der Waals surface area contributed by atoms with Crippen LogP contribution in [0.2, 0.25) is 0 Å². The molecule has 1 aromatic rings. The van der Waals surface area contributed by atoms with Gasteiger partial charge in [0, 0.05) is 38.6 Å². The van der Waals surface area contributed by atoms with Gasteiger partial charge in [-0.2, -0.15) is 0 Å². The molecule has 0 atom stereocenters. The third kappa shape index (κ3) is 2.57. The molecule has 6 heteroatoms. The maximum atomic E-state index is 5.01. The topological polar surface area (TPSA) is 32.3 Å². The van der Waals surface area contributed by atoms with Crippen LogP contribution in [0.5, 0.6) is 0 Å². The number of rotatable bonds is 1. The standard InChI is InChI=1S/C9H12N4S2/c14-9(15)13-6-4-12(5-7-13)8-10-2-1-3-11-8/h1-3H,4-7H2,(H,14,15). The van der Waals surface area contributed by atoms with Crippen molar-refractivity contribution in [3.8, 4) is 0 Å². The van der Waals surface area contributed by atoms with Crippen LogP contribution in [0, 0.1) is 0 Å². The number of thiol groups is 1. The Morgan fingerprint density at radius 3 is 2.33 bits per heavy atom. The Hall–Kier alpha value is -0.880. The Balaban J connectivity index is 1.97. The zero-order valence-electron chi connectivity index (χ0n) is 8.20. The highest BCUT2D eigenvalue weighted by molar-refractivity contribution is 8.10. The molecule has 0 unspecified atom stereocenters. The Morgan fingerprint density at radius 1 is 1.20 bits per heavy atom. The lowest BCUT2D eigenvalue weighted by Gasteiger charge is -2.34. The molecule has 2 rings (SSSR count). The molecule has 1 saturated heterocycles. The van der Waals surface area contributed by atoms with Crippen molar-refractivity contribution < 1.29 is 0 Å². The van der Waals surface area contributed by atoms with E-state index < -0.39 is 0 Å². The Morgan fingerprint density at radius 2 is 1.80 bits per heavy atom. The summed E-state index contributed by atoms with van der Waals surface area (Å²) in [6, 6.07) is 1.82. The average Bonchev–Trinajstić information content (AvgIpc) is 2.30. The molecule has 0 bridgehead atoms. The second-order valence-corrected chi connectivity index (χ2v) is 4.42. The number of thiocarbonyl (C=S) groups is 1. The van der Waals surface area contributed by atoms with Gasteiger partial charge in [0.15, 0.2) is 0 Å². The van der Waals surface area contributed by atoms with Crippen LogP contribution in [-0.4, -0.2) is 45.4 Å². The van der Waals surface area contributed by atoms with Crippen LogP contribution in [0.1, 0.15) is 0 Å². The number of nitrogens with zero attached hydrogens (tertiary/aromatic N) is 4. The molecule has 1 aliphatic rings. The maximum Gasteiger partial charge on any atom is 0.225 e. The van der Waals surface area contributed by atoms with Gasteiger partial charge in [0.25, 0.3) is 0 Å². The highest BCUT2D eigenvalue weighted by atomic mass is 32.1. The number of piperazine rings is 1. The highest BCUT2D eigenvalue weighted by Crippen LogP contribution is 2.10. The van der Waals surface area contributed by atoms with Crippen molar-refractivity contribution in [2.75, 3.05) is 31.1 Å². The van der Waals surface area contributed by atoms with Gasteiger partial charge in [-0.3, -0.25) is 0 Å². The van der Waals surface area contributed by atoms with Gasteiger partial charge < -0.3 is 9.80 Å². The van der Waals surface area contributed by atoms with Crippen molar-refractivity contribution >= 4 is 35.1 Å². The monoisotopic (exact) mass is 240 g/mol. The molecule has 0 aromatic carbocycles. The molecule has 15 heavy (non-hydrogen) atoms. The molecule has 0 N–H and O–H groups in total. The number of hydrogen-bond donors (Lipinski definition) is 1. The highest BCUT2D eigenvalue weighted by Gasteiger charge is 2.18. The van der Waals surface area contributed by atoms with Gasteiger partial charge in [-0.15, -0.1) is 12.6 Å². The summed E-state index contributed by atoms with van der Waals surface area (Å²) >= 11 is 9.18. The molecular weight excluding hydrogens is 228 g/mol. The van der Waals surface area contributed by atoms with Crippen LogP contribution in [0.25, 0.3) is 0 Å². The second kappa shape index (κ2) is 4.76. The van der Waals surface area contributed by atoms with Crippen molar-refractivity contribution in [1.82, 2.24) is 14.9 Å². The van der Waals surface area contributed by atoms with E-state index in [-0.39, 0.29) is 0 Å². The minimum atomic E-state index is 0.670. The average molecular weight is 240 g/mol. The van der Waals surface area contributed by atoms with E-state index in [1.807, 2.05) is 6.07 Å². The summed E-state index contributed by atoms with van der Waals surface area (Å²) in [6.07, 6.45) is 3.52. The van der Waals surface area contributed by atoms with Crippen LogP contribution in [-0.2, 0) is 0 Å². The molecule has 80 valence electrons. The van der Waals surface area contributed by atoms with Crippen LogP contribution in [0.15, 0.2) is 18.5 Å². The summed E-state index contributed by atoms with van der Waals surface area (Å²) in [4.78, 5) is 12.7. The van der Waals surface area contributed by atoms with Crippen LogP contribution in [0.4, 0.5) is 5.95 Å². The zero-order chi connectivity index (χ0) is 10.7. The first kappa shape index (κ1) is 10.6. The van der Waals surface area contributed by atoms with Crippen molar-refractivity contribution in [2.45, 2.75) is 0 Å². The molecule has 1 fully saturated rings. The van der Waals surface area contributed by atoms with E-state index >= 15 is 0 Å². The molecular formula is C9H12N4S2. The van der Waals surface area contributed by atoms with Gasteiger partial charge in [0.2, 0.25) is 5.95 Å². The summed E-state index contributed by atoms with van der Waals surface area (Å²) < 4.78 is 0.670. The lowest BCUT2D eigenvalue weighted by molar-refractivity contribution is 0.395. The smallest absolute Gasteiger partial charge is 0.225 e. The molecule has 0 saturated carbocycles. The summed E-state index contributed by atoms with van der Waals surface area (Å²) in [5.41, 5.74) is 0. The lowest BCUT2D eigenvalue weighted by atomic mass is 10.3. The van der Waals surface area contributed by atoms with E-state index in [1.54, 1.807) is 12.4 Å². The van der Waals surface area contributed by atoms with E-state index in [1.165, 1.54) is 0 Å². The number of aromatic nitrogens is 2. The fourth-order valence-corrected chi connectivity index (χ4v) is 1.93. The summed E-state index contributed by atoms with van der Waals surface area (Å²) in [6.45, 7) is 3.57. The van der Waals surface area contributed by atoms with Crippen molar-refractivity contribution in [1.29, 1.82) is 0 Å². The molecule has 0 spiro atoms. The van der Waals surface area contributed by atoms with Gasteiger partial charge >= 0.3 is 0 Å². The Bertz CT molecular complexity index is 335. The third-order valence-corrected chi connectivity index (χ3v) is 2.93. The molecule has 1 aromatic heterocycles. The first-order valence-corrected chi connectivity index (χ1v) is 5.63. The van der Waals surface area contributed by atoms with Gasteiger partial charge in [0.1, 0.15) is 4.32 Å². The van der Waals surface area contributed by atoms with Gasteiger partial charge in [0.05, 0.1) is 0 Å². The SMILES string of the molecule is S=C(S)N1CCN(c2ncccn2)CC1. The predicted octanol–water partition coefficient (Wildman–Crippen LogP) is 0.813. The summed E-state index contributed by atoms with van der Waals surface area (Å²) in [7, 11) is 0. The van der Waals surface area contributed by atoms with E-state index in [9.17, 15) is 0 Å².